The lowest BCUT2D eigenvalue weighted by Crippen LogP contribution is -2.12. The first kappa shape index (κ1) is 86.3. The van der Waals surface area contributed by atoms with Crippen molar-refractivity contribution >= 4 is 43.6 Å². The Hall–Kier alpha value is -15.7. The Bertz CT molecular complexity index is 7960. The summed E-state index contributed by atoms with van der Waals surface area (Å²) in [6.45, 7) is 14.4. The standard InChI is InChI=1S/C114H78F12N8/c1-64-28-37-87(69(6)47-64)78-31-44-101-95(55-78)96-56-79(32-45-102(96)133(101)85-35-42-88(90-40-33-83(111(115,116)117)60-99(90)113(121,122)123)97(62-85)109-129-105(72-20-12-8-13-21-72)127-106(130-109)73-22-14-9-15-23-73)94-57-80(68(5)52-70(94)7)53-71-48-67(4)51-82(54-71)77-30-39-93-92-38-29-76(81-49-65(2)46-66(3)50-81)58-103(92)134(104(93)59-77)86-36-43-89(91-41-34-84(112(118,119)120)61-100(91)114(124,125)126)98(63-86)110-131-107(74-24-16-10-17-25-74)128-108(132-110)75-26-18-11-19-27-75/h8-52,54-63H,53H2,1-7H3. The summed E-state index contributed by atoms with van der Waals surface area (Å²) in [4.78, 5) is 29.9. The molecular weight excluding hydrogens is 1710 g/mol. The van der Waals surface area contributed by atoms with Gasteiger partial charge in [-0.2, -0.15) is 52.7 Å². The Labute approximate surface area is 763 Å². The van der Waals surface area contributed by atoms with Gasteiger partial charge in [0.25, 0.3) is 0 Å². The Morgan fingerprint density at radius 2 is 0.590 bits per heavy atom. The van der Waals surface area contributed by atoms with Gasteiger partial charge in [-0.05, 0) is 234 Å². The van der Waals surface area contributed by atoms with Crippen LogP contribution in [0.25, 0.3) is 190 Å². The number of alkyl halides is 12. The van der Waals surface area contributed by atoms with Crippen molar-refractivity contribution in [2.24, 2.45) is 0 Å². The molecule has 0 N–H and O–H groups in total. The number of fused-ring (bicyclic) bond motifs is 6. The molecule has 0 aliphatic carbocycles. The number of hydrogen-bond donors (Lipinski definition) is 0. The molecule has 20 rings (SSSR count). The SMILES string of the molecule is Cc1cc(C)cc(-c2ccc3c4ccc(-c5cc(C)cc(Cc6cc(-c7ccc8c(c7)c7cc(-c9ccc(C)cc9C)ccc7n8-c7ccc(-c8ccc(C(F)(F)F)cc8C(F)(F)F)c(-c8nc(-c9ccccc9)nc(-c9ccccc9)n8)c7)c(C)cc6C)c5)cc4n(-c4ccc(-c5ccc(C(F)(F)F)cc5C(F)(F)F)c(-c5nc(-c6ccccc6)nc(-c6ccccc6)n5)c4)c3c2)c1. The highest BCUT2D eigenvalue weighted by Gasteiger charge is 2.42. The van der Waals surface area contributed by atoms with E-state index in [0.717, 1.165) is 150 Å². The van der Waals surface area contributed by atoms with Crippen LogP contribution in [0.15, 0.2) is 334 Å². The van der Waals surface area contributed by atoms with Gasteiger partial charge in [0.2, 0.25) is 0 Å². The molecule has 0 aliphatic rings. The van der Waals surface area contributed by atoms with Crippen molar-refractivity contribution in [3.05, 3.63) is 406 Å². The highest BCUT2D eigenvalue weighted by atomic mass is 19.4. The molecule has 0 atom stereocenters. The second kappa shape index (κ2) is 33.6. The molecule has 0 radical (unpaired) electrons. The Balaban J connectivity index is 0.731. The monoisotopic (exact) mass is 1790 g/mol. The predicted octanol–water partition coefficient (Wildman–Crippen LogP) is 32.1. The predicted molar refractivity (Wildman–Crippen MR) is 510 cm³/mol. The van der Waals surface area contributed by atoms with Gasteiger partial charge in [-0.15, -0.1) is 0 Å². The molecule has 8 nitrogen and oxygen atoms in total. The minimum absolute atomic E-state index is 0.0332. The van der Waals surface area contributed by atoms with Crippen molar-refractivity contribution < 1.29 is 52.7 Å². The van der Waals surface area contributed by atoms with Gasteiger partial charge in [0, 0.05) is 66.3 Å². The highest BCUT2D eigenvalue weighted by Crippen LogP contribution is 2.50. The van der Waals surface area contributed by atoms with Crippen LogP contribution in [0.5, 0.6) is 0 Å². The van der Waals surface area contributed by atoms with E-state index in [0.29, 0.717) is 52.2 Å². The Kier molecular flexibility index (Phi) is 21.7. The van der Waals surface area contributed by atoms with E-state index in [1.807, 2.05) is 74.7 Å². The van der Waals surface area contributed by atoms with Gasteiger partial charge in [0.05, 0.1) is 44.3 Å². The molecule has 0 unspecified atom stereocenters. The van der Waals surface area contributed by atoms with Crippen molar-refractivity contribution in [2.75, 3.05) is 0 Å². The van der Waals surface area contributed by atoms with Gasteiger partial charge >= 0.3 is 24.7 Å². The zero-order valence-electron chi connectivity index (χ0n) is 73.1. The van der Waals surface area contributed by atoms with Crippen molar-refractivity contribution in [3.63, 3.8) is 0 Å². The van der Waals surface area contributed by atoms with Crippen LogP contribution in [-0.2, 0) is 31.1 Å². The highest BCUT2D eigenvalue weighted by molar-refractivity contribution is 6.13. The van der Waals surface area contributed by atoms with Crippen LogP contribution in [0.1, 0.15) is 72.3 Å². The van der Waals surface area contributed by atoms with Gasteiger partial charge in [-0.25, -0.2) is 29.9 Å². The molecule has 658 valence electrons. The topological polar surface area (TPSA) is 87.2 Å². The zero-order valence-corrected chi connectivity index (χ0v) is 73.1. The summed E-state index contributed by atoms with van der Waals surface area (Å²) in [6.07, 6.45) is -20.2. The summed E-state index contributed by atoms with van der Waals surface area (Å²) in [5.74, 6) is 0.740. The maximum Gasteiger partial charge on any atom is 0.417 e. The summed E-state index contributed by atoms with van der Waals surface area (Å²) < 4.78 is 185. The zero-order chi connectivity index (χ0) is 93.1. The third-order valence-electron chi connectivity index (χ3n) is 24.9. The number of halogens is 12. The van der Waals surface area contributed by atoms with E-state index in [4.69, 9.17) is 29.9 Å². The fraction of sp³-hybridized carbons (Fsp3) is 0.105. The van der Waals surface area contributed by atoms with E-state index >= 15 is 26.3 Å². The van der Waals surface area contributed by atoms with Crippen LogP contribution in [0.4, 0.5) is 52.7 Å². The quantitative estimate of drug-likeness (QED) is 0.0896. The van der Waals surface area contributed by atoms with Crippen LogP contribution in [0, 0.1) is 48.5 Å². The molecule has 0 saturated carbocycles. The normalized spacial score (nSPS) is 12.2. The molecule has 20 heteroatoms. The summed E-state index contributed by atoms with van der Waals surface area (Å²) in [5, 5.41) is 3.39. The van der Waals surface area contributed by atoms with E-state index in [-0.39, 0.29) is 69.3 Å². The third-order valence-corrected chi connectivity index (χ3v) is 24.9. The van der Waals surface area contributed by atoms with Crippen LogP contribution in [-0.4, -0.2) is 39.0 Å². The molecule has 4 aromatic heterocycles. The van der Waals surface area contributed by atoms with Gasteiger partial charge in [-0.3, -0.25) is 0 Å². The van der Waals surface area contributed by atoms with E-state index < -0.39 is 58.1 Å². The number of nitrogens with zero attached hydrogens (tertiary/aromatic N) is 8. The summed E-state index contributed by atoms with van der Waals surface area (Å²) in [7, 11) is 0. The van der Waals surface area contributed by atoms with Gasteiger partial charge in [0.15, 0.2) is 34.9 Å². The van der Waals surface area contributed by atoms with Gasteiger partial charge in [-0.1, -0.05) is 271 Å². The minimum Gasteiger partial charge on any atom is -0.309 e. The lowest BCUT2D eigenvalue weighted by Gasteiger charge is -2.20. The molecular formula is C114H78F12N8. The summed E-state index contributed by atoms with van der Waals surface area (Å²) in [5.41, 5.74) is 15.9. The van der Waals surface area contributed by atoms with Gasteiger partial charge in [0.1, 0.15) is 0 Å². The lowest BCUT2D eigenvalue weighted by atomic mass is 9.90. The van der Waals surface area contributed by atoms with Crippen LogP contribution in [0.2, 0.25) is 0 Å². The smallest absolute Gasteiger partial charge is 0.309 e. The van der Waals surface area contributed by atoms with Crippen LogP contribution in [0.3, 0.4) is 0 Å². The number of benzene rings is 16. The maximum atomic E-state index is 15.7. The lowest BCUT2D eigenvalue weighted by molar-refractivity contribution is -0.144. The number of rotatable bonds is 16. The van der Waals surface area contributed by atoms with E-state index in [2.05, 4.69) is 147 Å². The maximum absolute atomic E-state index is 15.7. The molecule has 0 fully saturated rings. The molecule has 134 heavy (non-hydrogen) atoms. The second-order valence-electron chi connectivity index (χ2n) is 34.3. The summed E-state index contributed by atoms with van der Waals surface area (Å²) in [6, 6.07) is 97.7. The first-order valence-electron chi connectivity index (χ1n) is 43.4. The molecule has 4 heterocycles. The van der Waals surface area contributed by atoms with E-state index in [1.165, 1.54) is 12.1 Å². The molecule has 0 spiro atoms. The van der Waals surface area contributed by atoms with Gasteiger partial charge < -0.3 is 9.13 Å². The molecule has 0 bridgehead atoms. The Morgan fingerprint density at radius 1 is 0.216 bits per heavy atom. The largest absolute Gasteiger partial charge is 0.417 e. The first-order chi connectivity index (χ1) is 64.2. The van der Waals surface area contributed by atoms with Crippen molar-refractivity contribution in [1.29, 1.82) is 0 Å². The molecule has 0 amide bonds. The third kappa shape index (κ3) is 16.6. The molecule has 16 aromatic carbocycles. The molecule has 0 aliphatic heterocycles. The number of hydrogen-bond acceptors (Lipinski definition) is 6. The number of aromatic nitrogens is 8. The van der Waals surface area contributed by atoms with Crippen LogP contribution >= 0.6 is 0 Å². The van der Waals surface area contributed by atoms with Crippen molar-refractivity contribution in [2.45, 2.75) is 79.6 Å². The fourth-order valence-corrected chi connectivity index (χ4v) is 18.7. The van der Waals surface area contributed by atoms with Crippen molar-refractivity contribution in [1.82, 2.24) is 39.0 Å². The number of aryl methyl sites for hydroxylation is 7. The second-order valence-corrected chi connectivity index (χ2v) is 34.3. The molecule has 20 aromatic rings. The Morgan fingerprint density at radius 3 is 1.01 bits per heavy atom. The van der Waals surface area contributed by atoms with E-state index in [1.54, 1.807) is 121 Å². The molecule has 0 saturated heterocycles. The average Bonchev–Trinajstić information content (AvgIpc) is 1.57. The van der Waals surface area contributed by atoms with Crippen LogP contribution < -0.4 is 0 Å². The fourth-order valence-electron chi connectivity index (χ4n) is 18.7. The first-order valence-corrected chi connectivity index (χ1v) is 43.4. The minimum atomic E-state index is -5.26. The van der Waals surface area contributed by atoms with E-state index in [9.17, 15) is 26.3 Å². The summed E-state index contributed by atoms with van der Waals surface area (Å²) >= 11 is 0. The van der Waals surface area contributed by atoms with Crippen molar-refractivity contribution in [3.8, 4) is 146 Å². The average molecular weight is 1790 g/mol.